The van der Waals surface area contributed by atoms with Crippen LogP contribution in [0.4, 0.5) is 0 Å². The number of rotatable bonds is 4. The topological polar surface area (TPSA) is 46.3 Å². The maximum Gasteiger partial charge on any atom is 0.0363 e. The zero-order valence-corrected chi connectivity index (χ0v) is 10.1. The molecule has 1 heterocycles. The van der Waals surface area contributed by atoms with Crippen molar-refractivity contribution in [3.8, 4) is 0 Å². The smallest absolute Gasteiger partial charge is 0.0363 e. The second kappa shape index (κ2) is 5.83. The van der Waals surface area contributed by atoms with E-state index >= 15 is 0 Å². The summed E-state index contributed by atoms with van der Waals surface area (Å²) in [5.74, 6) is 2.33. The van der Waals surface area contributed by atoms with Gasteiger partial charge in [-0.1, -0.05) is 13.8 Å². The third-order valence-electron chi connectivity index (χ3n) is 2.54. The van der Waals surface area contributed by atoms with Gasteiger partial charge in [-0.3, -0.25) is 9.11 Å². The van der Waals surface area contributed by atoms with Gasteiger partial charge in [0.25, 0.3) is 0 Å². The fourth-order valence-corrected chi connectivity index (χ4v) is 3.00. The molecule has 14 heavy (non-hydrogen) atoms. The van der Waals surface area contributed by atoms with Crippen LogP contribution in [0.2, 0.25) is 0 Å². The van der Waals surface area contributed by atoms with E-state index in [0.29, 0.717) is 5.92 Å². The van der Waals surface area contributed by atoms with E-state index in [1.54, 1.807) is 0 Å². The molecule has 1 aliphatic heterocycles. The summed E-state index contributed by atoms with van der Waals surface area (Å²) in [6.07, 6.45) is 1.08. The van der Waals surface area contributed by atoms with E-state index in [1.165, 1.54) is 0 Å². The summed E-state index contributed by atoms with van der Waals surface area (Å²) in [5.41, 5.74) is 6.02. The van der Waals surface area contributed by atoms with E-state index in [4.69, 9.17) is 5.73 Å². The Morgan fingerprint density at radius 3 is 2.43 bits per heavy atom. The van der Waals surface area contributed by atoms with Gasteiger partial charge in [0.2, 0.25) is 0 Å². The van der Waals surface area contributed by atoms with Crippen LogP contribution in [0.3, 0.4) is 0 Å². The highest BCUT2D eigenvalue weighted by Gasteiger charge is 2.17. The van der Waals surface area contributed by atoms with Crippen molar-refractivity contribution in [2.45, 2.75) is 26.3 Å². The van der Waals surface area contributed by atoms with Gasteiger partial charge >= 0.3 is 0 Å². The fraction of sp³-hybridized carbons (Fsp3) is 1.00. The highest BCUT2D eigenvalue weighted by atomic mass is 32.2. The zero-order valence-electron chi connectivity index (χ0n) is 9.24. The van der Waals surface area contributed by atoms with Gasteiger partial charge in [-0.15, -0.1) is 0 Å². The Kier molecular flexibility index (Phi) is 5.06. The molecule has 0 bridgehead atoms. The van der Waals surface area contributed by atoms with Crippen LogP contribution in [-0.4, -0.2) is 46.3 Å². The maximum atomic E-state index is 11.1. The van der Waals surface area contributed by atoms with E-state index in [2.05, 4.69) is 18.7 Å². The Morgan fingerprint density at radius 2 is 1.93 bits per heavy atom. The summed E-state index contributed by atoms with van der Waals surface area (Å²) in [7, 11) is -0.569. The highest BCUT2D eigenvalue weighted by Crippen LogP contribution is 2.06. The summed E-state index contributed by atoms with van der Waals surface area (Å²) in [4.78, 5) is 2.34. The minimum Gasteiger partial charge on any atom is -0.327 e. The van der Waals surface area contributed by atoms with Crippen molar-refractivity contribution in [1.29, 1.82) is 0 Å². The first-order valence-electron chi connectivity index (χ1n) is 5.41. The van der Waals surface area contributed by atoms with E-state index in [0.717, 1.165) is 37.6 Å². The lowest BCUT2D eigenvalue weighted by Crippen LogP contribution is -2.44. The predicted octanol–water partition coefficient (Wildman–Crippen LogP) is 0.424. The molecule has 1 atom stereocenters. The van der Waals surface area contributed by atoms with Crippen LogP contribution in [0.25, 0.3) is 0 Å². The average Bonchev–Trinajstić information content (AvgIpc) is 2.07. The number of hydrogen-bond donors (Lipinski definition) is 1. The van der Waals surface area contributed by atoms with Crippen LogP contribution in [0.15, 0.2) is 0 Å². The Bertz CT molecular complexity index is 187. The molecule has 0 radical (unpaired) electrons. The second-order valence-corrected chi connectivity index (χ2v) is 6.23. The molecule has 0 amide bonds. The van der Waals surface area contributed by atoms with Crippen LogP contribution in [0, 0.1) is 5.92 Å². The molecule has 4 heteroatoms. The van der Waals surface area contributed by atoms with Gasteiger partial charge < -0.3 is 5.73 Å². The second-order valence-electron chi connectivity index (χ2n) is 4.54. The van der Waals surface area contributed by atoms with Crippen molar-refractivity contribution in [3.05, 3.63) is 0 Å². The van der Waals surface area contributed by atoms with Gasteiger partial charge in [0.1, 0.15) is 0 Å². The first-order valence-corrected chi connectivity index (χ1v) is 6.89. The first kappa shape index (κ1) is 12.1. The van der Waals surface area contributed by atoms with Crippen LogP contribution < -0.4 is 5.73 Å². The van der Waals surface area contributed by atoms with E-state index < -0.39 is 10.8 Å². The largest absolute Gasteiger partial charge is 0.327 e. The number of nitrogens with zero attached hydrogens (tertiary/aromatic N) is 1. The summed E-state index contributed by atoms with van der Waals surface area (Å²) in [6, 6.07) is 0.279. The van der Waals surface area contributed by atoms with Gasteiger partial charge in [0, 0.05) is 48.0 Å². The number of hydrogen-bond acceptors (Lipinski definition) is 3. The monoisotopic (exact) mass is 218 g/mol. The fourth-order valence-electron chi connectivity index (χ4n) is 1.87. The molecule has 0 spiro atoms. The number of nitrogens with two attached hydrogens (primary N) is 1. The molecule has 0 aliphatic carbocycles. The van der Waals surface area contributed by atoms with Crippen molar-refractivity contribution in [1.82, 2.24) is 4.90 Å². The Labute approximate surface area is 89.5 Å². The molecular weight excluding hydrogens is 196 g/mol. The Balaban J connectivity index is 2.20. The van der Waals surface area contributed by atoms with Crippen LogP contribution in [-0.2, 0) is 10.8 Å². The lowest BCUT2D eigenvalue weighted by Gasteiger charge is -2.29. The molecule has 1 aliphatic rings. The lowest BCUT2D eigenvalue weighted by atomic mass is 10.0. The standard InChI is InChI=1S/C10H22N2OS/c1-9(2)7-10(11)8-12-3-5-14(13)6-4-12/h9-10H,3-8,11H2,1-2H3. The van der Waals surface area contributed by atoms with E-state index in [1.807, 2.05) is 0 Å². The van der Waals surface area contributed by atoms with E-state index in [9.17, 15) is 4.21 Å². The molecule has 3 nitrogen and oxygen atoms in total. The van der Waals surface area contributed by atoms with Crippen molar-refractivity contribution >= 4 is 10.8 Å². The van der Waals surface area contributed by atoms with Gasteiger partial charge in [-0.2, -0.15) is 0 Å². The van der Waals surface area contributed by atoms with Gasteiger partial charge in [0.15, 0.2) is 0 Å². The van der Waals surface area contributed by atoms with Gasteiger partial charge in [-0.25, -0.2) is 0 Å². The Morgan fingerprint density at radius 1 is 1.36 bits per heavy atom. The SMILES string of the molecule is CC(C)CC(N)CN1CCS(=O)CC1. The maximum absolute atomic E-state index is 11.1. The van der Waals surface area contributed by atoms with Crippen molar-refractivity contribution in [3.63, 3.8) is 0 Å². The van der Waals surface area contributed by atoms with E-state index in [-0.39, 0.29) is 6.04 Å². The zero-order chi connectivity index (χ0) is 10.6. The predicted molar refractivity (Wildman–Crippen MR) is 61.7 cm³/mol. The third-order valence-corrected chi connectivity index (χ3v) is 3.81. The van der Waals surface area contributed by atoms with Gasteiger partial charge in [-0.05, 0) is 12.3 Å². The van der Waals surface area contributed by atoms with Crippen molar-refractivity contribution < 1.29 is 4.21 Å². The molecule has 84 valence electrons. The molecule has 0 aromatic rings. The molecule has 1 unspecified atom stereocenters. The van der Waals surface area contributed by atoms with Crippen LogP contribution >= 0.6 is 0 Å². The minimum absolute atomic E-state index is 0.279. The van der Waals surface area contributed by atoms with Gasteiger partial charge in [0.05, 0.1) is 0 Å². The highest BCUT2D eigenvalue weighted by molar-refractivity contribution is 7.85. The van der Waals surface area contributed by atoms with Crippen molar-refractivity contribution in [2.75, 3.05) is 31.1 Å². The summed E-state index contributed by atoms with van der Waals surface area (Å²) >= 11 is 0. The molecule has 0 aromatic heterocycles. The normalized spacial score (nSPS) is 22.9. The molecule has 0 saturated carbocycles. The summed E-state index contributed by atoms with van der Waals surface area (Å²) in [5, 5.41) is 0. The molecule has 1 fully saturated rings. The van der Waals surface area contributed by atoms with Crippen LogP contribution in [0.1, 0.15) is 20.3 Å². The molecule has 1 saturated heterocycles. The minimum atomic E-state index is -0.569. The lowest BCUT2D eigenvalue weighted by molar-refractivity contribution is 0.266. The molecule has 2 N–H and O–H groups in total. The third kappa shape index (κ3) is 4.53. The quantitative estimate of drug-likeness (QED) is 0.744. The summed E-state index contributed by atoms with van der Waals surface area (Å²) in [6.45, 7) is 7.28. The molecule has 0 aromatic carbocycles. The van der Waals surface area contributed by atoms with Crippen LogP contribution in [0.5, 0.6) is 0 Å². The average molecular weight is 218 g/mol. The van der Waals surface area contributed by atoms with Crippen molar-refractivity contribution in [2.24, 2.45) is 11.7 Å². The summed E-state index contributed by atoms with van der Waals surface area (Å²) < 4.78 is 11.1. The Hall–Kier alpha value is 0.0700. The first-order chi connectivity index (χ1) is 6.58. The molecule has 1 rings (SSSR count). The molecular formula is C10H22N2OS.